The average Bonchev–Trinajstić information content (AvgIpc) is 2.52. The van der Waals surface area contributed by atoms with Gasteiger partial charge in [0.1, 0.15) is 6.61 Å². The van der Waals surface area contributed by atoms with E-state index in [1.165, 1.54) is 5.56 Å². The molecule has 0 fully saturated rings. The second-order valence-electron chi connectivity index (χ2n) is 5.27. The highest BCUT2D eigenvalue weighted by atomic mass is 16.5. The number of benzene rings is 2. The fourth-order valence-electron chi connectivity index (χ4n) is 2.20. The van der Waals surface area contributed by atoms with Gasteiger partial charge in [0.25, 0.3) is 0 Å². The third-order valence-electron chi connectivity index (χ3n) is 3.54. The van der Waals surface area contributed by atoms with E-state index in [-0.39, 0.29) is 0 Å². The fourth-order valence-corrected chi connectivity index (χ4v) is 2.20. The molecule has 21 heavy (non-hydrogen) atoms. The van der Waals surface area contributed by atoms with E-state index in [1.54, 1.807) is 7.11 Å². The highest BCUT2D eigenvalue weighted by Gasteiger charge is 2.14. The molecule has 2 rings (SSSR count). The van der Waals surface area contributed by atoms with Crippen molar-refractivity contribution < 1.29 is 9.47 Å². The Labute approximate surface area is 127 Å². The van der Waals surface area contributed by atoms with Crippen LogP contribution in [0.15, 0.2) is 54.6 Å². The Kier molecular flexibility index (Phi) is 5.64. The number of para-hydroxylation sites is 2. The van der Waals surface area contributed by atoms with Gasteiger partial charge in [0.15, 0.2) is 11.5 Å². The molecule has 0 aliphatic rings. The molecule has 2 aromatic carbocycles. The molecule has 0 aromatic heterocycles. The Morgan fingerprint density at radius 2 is 1.52 bits per heavy atom. The quantitative estimate of drug-likeness (QED) is 0.779. The summed E-state index contributed by atoms with van der Waals surface area (Å²) < 4.78 is 11.3. The van der Waals surface area contributed by atoms with Crippen LogP contribution in [0.2, 0.25) is 0 Å². The highest BCUT2D eigenvalue weighted by molar-refractivity contribution is 5.39. The summed E-state index contributed by atoms with van der Waals surface area (Å²) in [5, 5.41) is 0. The Morgan fingerprint density at radius 1 is 0.905 bits per heavy atom. The van der Waals surface area contributed by atoms with Crippen LogP contribution < -0.4 is 9.47 Å². The van der Waals surface area contributed by atoms with Crippen LogP contribution in [0.4, 0.5) is 0 Å². The van der Waals surface area contributed by atoms with Crippen molar-refractivity contribution in [2.24, 2.45) is 0 Å². The third kappa shape index (κ3) is 4.50. The molecule has 3 heteroatoms. The minimum absolute atomic E-state index is 0.317. The van der Waals surface area contributed by atoms with Gasteiger partial charge >= 0.3 is 0 Å². The summed E-state index contributed by atoms with van der Waals surface area (Å²) in [6.45, 7) is 0.627. The van der Waals surface area contributed by atoms with E-state index in [4.69, 9.17) is 9.47 Å². The van der Waals surface area contributed by atoms with Gasteiger partial charge in [0.05, 0.1) is 7.11 Å². The number of nitrogens with zero attached hydrogens (tertiary/aromatic N) is 1. The van der Waals surface area contributed by atoms with Gasteiger partial charge in [-0.15, -0.1) is 0 Å². The maximum Gasteiger partial charge on any atom is 0.161 e. The van der Waals surface area contributed by atoms with E-state index in [0.29, 0.717) is 12.6 Å². The first kappa shape index (κ1) is 15.4. The monoisotopic (exact) mass is 285 g/mol. The van der Waals surface area contributed by atoms with Crippen molar-refractivity contribution in [2.45, 2.75) is 12.5 Å². The smallest absolute Gasteiger partial charge is 0.161 e. The molecule has 0 unspecified atom stereocenters. The summed E-state index contributed by atoms with van der Waals surface area (Å²) >= 11 is 0. The largest absolute Gasteiger partial charge is 0.493 e. The normalized spacial score (nSPS) is 12.2. The molecule has 0 heterocycles. The van der Waals surface area contributed by atoms with Crippen LogP contribution in [-0.4, -0.2) is 38.8 Å². The van der Waals surface area contributed by atoms with Gasteiger partial charge in [-0.1, -0.05) is 42.5 Å². The minimum atomic E-state index is 0.317. The molecule has 0 bridgehead atoms. The lowest BCUT2D eigenvalue weighted by molar-refractivity contribution is 0.180. The summed E-state index contributed by atoms with van der Waals surface area (Å²) in [5.74, 6) is 1.56. The highest BCUT2D eigenvalue weighted by Crippen LogP contribution is 2.26. The van der Waals surface area contributed by atoms with Crippen molar-refractivity contribution in [3.05, 3.63) is 60.2 Å². The standard InChI is InChI=1S/C18H23NO2/c1-19(2)16(13-15-9-5-4-6-10-15)14-21-18-12-8-7-11-17(18)20-3/h4-12,16H,13-14H2,1-3H3/t16-/m0/s1. The predicted octanol–water partition coefficient (Wildman–Crippen LogP) is 3.25. The Morgan fingerprint density at radius 3 is 2.14 bits per heavy atom. The SMILES string of the molecule is COc1ccccc1OC[C@H](Cc1ccccc1)N(C)C. The van der Waals surface area contributed by atoms with Crippen molar-refractivity contribution in [3.63, 3.8) is 0 Å². The van der Waals surface area contributed by atoms with Crippen LogP contribution in [0.5, 0.6) is 11.5 Å². The van der Waals surface area contributed by atoms with Gasteiger partial charge < -0.3 is 14.4 Å². The summed E-state index contributed by atoms with van der Waals surface area (Å²) in [4.78, 5) is 2.20. The van der Waals surface area contributed by atoms with Gasteiger partial charge in [0, 0.05) is 6.04 Å². The Balaban J connectivity index is 2.00. The number of rotatable bonds is 7. The molecule has 2 aromatic rings. The molecule has 0 N–H and O–H groups in total. The number of hydrogen-bond acceptors (Lipinski definition) is 3. The van der Waals surface area contributed by atoms with Crippen molar-refractivity contribution in [3.8, 4) is 11.5 Å². The molecule has 0 saturated heterocycles. The number of methoxy groups -OCH3 is 1. The van der Waals surface area contributed by atoms with Crippen molar-refractivity contribution in [1.82, 2.24) is 4.90 Å². The molecule has 0 amide bonds. The topological polar surface area (TPSA) is 21.7 Å². The molecule has 0 aliphatic heterocycles. The summed E-state index contributed by atoms with van der Waals surface area (Å²) in [7, 11) is 5.83. The number of likely N-dealkylation sites (N-methyl/N-ethyl adjacent to an activating group) is 1. The van der Waals surface area contributed by atoms with Crippen LogP contribution >= 0.6 is 0 Å². The maximum absolute atomic E-state index is 5.96. The zero-order valence-corrected chi connectivity index (χ0v) is 13.0. The van der Waals surface area contributed by atoms with Crippen LogP contribution in [0, 0.1) is 0 Å². The minimum Gasteiger partial charge on any atom is -0.493 e. The molecular weight excluding hydrogens is 262 g/mol. The molecule has 0 radical (unpaired) electrons. The van der Waals surface area contributed by atoms with E-state index in [0.717, 1.165) is 17.9 Å². The van der Waals surface area contributed by atoms with Gasteiger partial charge in [-0.3, -0.25) is 0 Å². The van der Waals surface area contributed by atoms with Crippen molar-refractivity contribution in [1.29, 1.82) is 0 Å². The lowest BCUT2D eigenvalue weighted by atomic mass is 10.1. The third-order valence-corrected chi connectivity index (χ3v) is 3.54. The number of ether oxygens (including phenoxy) is 2. The van der Waals surface area contributed by atoms with E-state index in [1.807, 2.05) is 30.3 Å². The van der Waals surface area contributed by atoms with Crippen LogP contribution in [0.3, 0.4) is 0 Å². The first-order valence-electron chi connectivity index (χ1n) is 7.17. The van der Waals surface area contributed by atoms with Gasteiger partial charge in [-0.05, 0) is 38.2 Å². The Hall–Kier alpha value is -2.00. The van der Waals surface area contributed by atoms with E-state index in [2.05, 4.69) is 43.3 Å². The van der Waals surface area contributed by atoms with Crippen LogP contribution in [0.25, 0.3) is 0 Å². The summed E-state index contributed by atoms with van der Waals surface area (Å²) in [6.07, 6.45) is 0.961. The van der Waals surface area contributed by atoms with E-state index < -0.39 is 0 Å². The molecule has 112 valence electrons. The Bertz CT molecular complexity index is 540. The second-order valence-corrected chi connectivity index (χ2v) is 5.27. The molecule has 3 nitrogen and oxygen atoms in total. The first-order chi connectivity index (χ1) is 10.2. The average molecular weight is 285 g/mol. The molecule has 0 spiro atoms. The van der Waals surface area contributed by atoms with Crippen molar-refractivity contribution >= 4 is 0 Å². The van der Waals surface area contributed by atoms with Crippen molar-refractivity contribution in [2.75, 3.05) is 27.8 Å². The van der Waals surface area contributed by atoms with E-state index >= 15 is 0 Å². The number of hydrogen-bond donors (Lipinski definition) is 0. The zero-order chi connectivity index (χ0) is 15.1. The fraction of sp³-hybridized carbons (Fsp3) is 0.333. The van der Waals surface area contributed by atoms with Gasteiger partial charge in [0.2, 0.25) is 0 Å². The molecule has 1 atom stereocenters. The lowest BCUT2D eigenvalue weighted by Gasteiger charge is -2.25. The second kappa shape index (κ2) is 7.70. The summed E-state index contributed by atoms with van der Waals surface area (Å²) in [5.41, 5.74) is 1.32. The van der Waals surface area contributed by atoms with Crippen LogP contribution in [-0.2, 0) is 6.42 Å². The predicted molar refractivity (Wildman–Crippen MR) is 86.1 cm³/mol. The van der Waals surface area contributed by atoms with E-state index in [9.17, 15) is 0 Å². The summed E-state index contributed by atoms with van der Waals surface area (Å²) in [6, 6.07) is 18.6. The lowest BCUT2D eigenvalue weighted by Crippen LogP contribution is -2.35. The molecule has 0 aliphatic carbocycles. The zero-order valence-electron chi connectivity index (χ0n) is 13.0. The van der Waals surface area contributed by atoms with Gasteiger partial charge in [-0.25, -0.2) is 0 Å². The first-order valence-corrected chi connectivity index (χ1v) is 7.17. The molecular formula is C18H23NO2. The van der Waals surface area contributed by atoms with Gasteiger partial charge in [-0.2, -0.15) is 0 Å². The van der Waals surface area contributed by atoms with Crippen LogP contribution in [0.1, 0.15) is 5.56 Å². The molecule has 0 saturated carbocycles. The maximum atomic E-state index is 5.96.